The lowest BCUT2D eigenvalue weighted by atomic mass is 10.0. The molecule has 1 N–H and O–H groups in total. The van der Waals surface area contributed by atoms with Crippen LogP contribution in [0.4, 0.5) is 10.1 Å². The van der Waals surface area contributed by atoms with E-state index in [1.165, 1.54) is 23.4 Å². The SMILES string of the molecule is Fc1cccc(NC(=S)N2CCn3cccc3C2c2ccccc2)c1. The summed E-state index contributed by atoms with van der Waals surface area (Å²) in [6.45, 7) is 1.67. The van der Waals surface area contributed by atoms with E-state index in [0.29, 0.717) is 10.8 Å². The summed E-state index contributed by atoms with van der Waals surface area (Å²) < 4.78 is 15.7. The number of nitrogens with one attached hydrogen (secondary N) is 1. The zero-order valence-electron chi connectivity index (χ0n) is 13.6. The van der Waals surface area contributed by atoms with Crippen molar-refractivity contribution in [1.82, 2.24) is 9.47 Å². The number of benzene rings is 2. The van der Waals surface area contributed by atoms with E-state index in [1.807, 2.05) is 24.3 Å². The molecule has 2 aromatic carbocycles. The lowest BCUT2D eigenvalue weighted by molar-refractivity contribution is 0.293. The molecule has 1 aromatic heterocycles. The van der Waals surface area contributed by atoms with Gasteiger partial charge in [0.15, 0.2) is 5.11 Å². The van der Waals surface area contributed by atoms with Crippen LogP contribution in [0.3, 0.4) is 0 Å². The standard InChI is InChI=1S/C20H18FN3S/c21-16-8-4-9-17(14-16)22-20(25)24-13-12-23-11-5-10-18(23)19(24)15-6-2-1-3-7-15/h1-11,14,19H,12-13H2,(H,22,25). The topological polar surface area (TPSA) is 20.2 Å². The van der Waals surface area contributed by atoms with Crippen LogP contribution in [0.5, 0.6) is 0 Å². The van der Waals surface area contributed by atoms with Gasteiger partial charge in [0.05, 0.1) is 6.04 Å². The molecular formula is C20H18FN3S. The third-order valence-electron chi connectivity index (χ3n) is 4.49. The number of nitrogens with zero attached hydrogens (tertiary/aromatic N) is 2. The highest BCUT2D eigenvalue weighted by atomic mass is 32.1. The Labute approximate surface area is 151 Å². The van der Waals surface area contributed by atoms with E-state index in [9.17, 15) is 4.39 Å². The molecular weight excluding hydrogens is 333 g/mol. The molecule has 1 unspecified atom stereocenters. The summed E-state index contributed by atoms with van der Waals surface area (Å²) in [7, 11) is 0. The Balaban J connectivity index is 1.66. The van der Waals surface area contributed by atoms with Crippen molar-refractivity contribution in [1.29, 1.82) is 0 Å². The maximum atomic E-state index is 13.5. The molecule has 0 spiro atoms. The molecule has 0 bridgehead atoms. The van der Waals surface area contributed by atoms with Crippen LogP contribution in [0, 0.1) is 5.82 Å². The fourth-order valence-electron chi connectivity index (χ4n) is 3.35. The van der Waals surface area contributed by atoms with Crippen LogP contribution in [0.25, 0.3) is 0 Å². The minimum Gasteiger partial charge on any atom is -0.348 e. The Morgan fingerprint density at radius 3 is 2.64 bits per heavy atom. The number of anilines is 1. The van der Waals surface area contributed by atoms with Gasteiger partial charge in [-0.05, 0) is 48.1 Å². The minimum atomic E-state index is -0.278. The second-order valence-electron chi connectivity index (χ2n) is 6.07. The maximum absolute atomic E-state index is 13.5. The van der Waals surface area contributed by atoms with Crippen LogP contribution in [0.1, 0.15) is 17.3 Å². The Morgan fingerprint density at radius 1 is 1.00 bits per heavy atom. The predicted molar refractivity (Wildman–Crippen MR) is 102 cm³/mol. The normalized spacial score (nSPS) is 16.4. The summed E-state index contributed by atoms with van der Waals surface area (Å²) in [6, 6.07) is 20.9. The fraction of sp³-hybridized carbons (Fsp3) is 0.150. The van der Waals surface area contributed by atoms with Gasteiger partial charge in [0.1, 0.15) is 5.82 Å². The molecule has 0 fully saturated rings. The van der Waals surface area contributed by atoms with Crippen molar-refractivity contribution in [2.75, 3.05) is 11.9 Å². The van der Waals surface area contributed by atoms with Gasteiger partial charge in [0, 0.05) is 30.7 Å². The van der Waals surface area contributed by atoms with E-state index in [4.69, 9.17) is 12.2 Å². The monoisotopic (exact) mass is 351 g/mol. The van der Waals surface area contributed by atoms with Gasteiger partial charge in [-0.3, -0.25) is 0 Å². The van der Waals surface area contributed by atoms with Crippen molar-refractivity contribution in [2.45, 2.75) is 12.6 Å². The van der Waals surface area contributed by atoms with Gasteiger partial charge < -0.3 is 14.8 Å². The van der Waals surface area contributed by atoms with Gasteiger partial charge in [0.2, 0.25) is 0 Å². The molecule has 3 aromatic rings. The molecule has 1 aliphatic rings. The van der Waals surface area contributed by atoms with E-state index < -0.39 is 0 Å². The third-order valence-corrected chi connectivity index (χ3v) is 4.83. The van der Waals surface area contributed by atoms with Crippen molar-refractivity contribution in [3.05, 3.63) is 90.0 Å². The smallest absolute Gasteiger partial charge is 0.174 e. The summed E-state index contributed by atoms with van der Waals surface area (Å²) in [6.07, 6.45) is 2.10. The van der Waals surface area contributed by atoms with Crippen molar-refractivity contribution in [3.63, 3.8) is 0 Å². The maximum Gasteiger partial charge on any atom is 0.174 e. The van der Waals surface area contributed by atoms with Crippen LogP contribution in [0.2, 0.25) is 0 Å². The lowest BCUT2D eigenvalue weighted by Crippen LogP contribution is -2.44. The molecule has 4 rings (SSSR count). The Bertz CT molecular complexity index is 891. The summed E-state index contributed by atoms with van der Waals surface area (Å²) >= 11 is 5.66. The molecule has 1 atom stereocenters. The first-order valence-electron chi connectivity index (χ1n) is 8.25. The van der Waals surface area contributed by atoms with Gasteiger partial charge in [-0.15, -0.1) is 0 Å². The number of hydrogen-bond donors (Lipinski definition) is 1. The zero-order chi connectivity index (χ0) is 17.2. The quantitative estimate of drug-likeness (QED) is 0.690. The van der Waals surface area contributed by atoms with Crippen LogP contribution in [-0.4, -0.2) is 21.1 Å². The molecule has 0 radical (unpaired) electrons. The minimum absolute atomic E-state index is 0.0403. The molecule has 0 saturated heterocycles. The lowest BCUT2D eigenvalue weighted by Gasteiger charge is -2.39. The number of fused-ring (bicyclic) bond motifs is 1. The summed E-state index contributed by atoms with van der Waals surface area (Å²) in [5.74, 6) is -0.278. The first-order chi connectivity index (χ1) is 12.2. The van der Waals surface area contributed by atoms with E-state index in [0.717, 1.165) is 13.1 Å². The molecule has 0 aliphatic carbocycles. The predicted octanol–water partition coefficient (Wildman–Crippen LogP) is 4.43. The molecule has 0 saturated carbocycles. The Kier molecular flexibility index (Phi) is 4.24. The van der Waals surface area contributed by atoms with Gasteiger partial charge >= 0.3 is 0 Å². The van der Waals surface area contributed by atoms with Gasteiger partial charge in [-0.1, -0.05) is 36.4 Å². The Hall–Kier alpha value is -2.66. The average molecular weight is 351 g/mol. The highest BCUT2D eigenvalue weighted by Gasteiger charge is 2.30. The number of hydrogen-bond acceptors (Lipinski definition) is 1. The molecule has 1 aliphatic heterocycles. The number of halogens is 1. The summed E-state index contributed by atoms with van der Waals surface area (Å²) in [4.78, 5) is 2.17. The zero-order valence-corrected chi connectivity index (χ0v) is 14.4. The largest absolute Gasteiger partial charge is 0.348 e. The van der Waals surface area contributed by atoms with Gasteiger partial charge in [-0.2, -0.15) is 0 Å². The summed E-state index contributed by atoms with van der Waals surface area (Å²) in [5, 5.41) is 3.79. The molecule has 2 heterocycles. The highest BCUT2D eigenvalue weighted by molar-refractivity contribution is 7.80. The Morgan fingerprint density at radius 2 is 1.84 bits per heavy atom. The van der Waals surface area contributed by atoms with Crippen molar-refractivity contribution >= 4 is 23.0 Å². The van der Waals surface area contributed by atoms with Crippen LogP contribution < -0.4 is 5.32 Å². The number of rotatable bonds is 2. The molecule has 3 nitrogen and oxygen atoms in total. The number of aromatic nitrogens is 1. The van der Waals surface area contributed by atoms with Crippen molar-refractivity contribution in [3.8, 4) is 0 Å². The highest BCUT2D eigenvalue weighted by Crippen LogP contribution is 2.32. The average Bonchev–Trinajstić information content (AvgIpc) is 3.10. The van der Waals surface area contributed by atoms with Crippen LogP contribution in [0.15, 0.2) is 72.9 Å². The van der Waals surface area contributed by atoms with Crippen molar-refractivity contribution < 1.29 is 4.39 Å². The molecule has 126 valence electrons. The first-order valence-corrected chi connectivity index (χ1v) is 8.66. The van der Waals surface area contributed by atoms with E-state index in [2.05, 4.69) is 45.2 Å². The molecule has 0 amide bonds. The second-order valence-corrected chi connectivity index (χ2v) is 6.46. The third kappa shape index (κ3) is 3.15. The second kappa shape index (κ2) is 6.69. The van der Waals surface area contributed by atoms with Crippen LogP contribution in [-0.2, 0) is 6.54 Å². The van der Waals surface area contributed by atoms with E-state index in [1.54, 1.807) is 6.07 Å². The fourth-order valence-corrected chi connectivity index (χ4v) is 3.66. The van der Waals surface area contributed by atoms with E-state index in [-0.39, 0.29) is 11.9 Å². The van der Waals surface area contributed by atoms with E-state index >= 15 is 0 Å². The molecule has 25 heavy (non-hydrogen) atoms. The van der Waals surface area contributed by atoms with Crippen LogP contribution >= 0.6 is 12.2 Å². The van der Waals surface area contributed by atoms with Gasteiger partial charge in [0.25, 0.3) is 0 Å². The molecule has 5 heteroatoms. The number of thiocarbonyl (C=S) groups is 1. The van der Waals surface area contributed by atoms with Gasteiger partial charge in [-0.25, -0.2) is 4.39 Å². The summed E-state index contributed by atoms with van der Waals surface area (Å²) in [5.41, 5.74) is 3.06. The first kappa shape index (κ1) is 15.8. The van der Waals surface area contributed by atoms with Crippen molar-refractivity contribution in [2.24, 2.45) is 0 Å².